The zero-order valence-electron chi connectivity index (χ0n) is 13.4. The van der Waals surface area contributed by atoms with Gasteiger partial charge in [-0.05, 0) is 12.8 Å². The van der Waals surface area contributed by atoms with Gasteiger partial charge in [-0.3, -0.25) is 9.59 Å². The second kappa shape index (κ2) is 9.37. The smallest absolute Gasteiger partial charge is 0.320 e. The molecule has 2 fully saturated rings. The van der Waals surface area contributed by atoms with Gasteiger partial charge >= 0.3 is 12.0 Å². The van der Waals surface area contributed by atoms with Gasteiger partial charge < -0.3 is 20.7 Å². The molecule has 0 spiro atoms. The quantitative estimate of drug-likeness (QED) is 0.311. The molecular weight excluding hydrogens is 332 g/mol. The first kappa shape index (κ1) is 18.4. The number of nitriles is 1. The highest BCUT2D eigenvalue weighted by Crippen LogP contribution is 2.33. The fourth-order valence-corrected chi connectivity index (χ4v) is 4.38. The zero-order chi connectivity index (χ0) is 17.4. The minimum absolute atomic E-state index is 0.0703. The molecule has 0 aromatic rings. The van der Waals surface area contributed by atoms with Crippen molar-refractivity contribution in [2.75, 3.05) is 18.9 Å². The molecule has 24 heavy (non-hydrogen) atoms. The molecule has 0 aliphatic carbocycles. The molecule has 2 aliphatic heterocycles. The van der Waals surface area contributed by atoms with Gasteiger partial charge in [-0.25, -0.2) is 4.79 Å². The van der Waals surface area contributed by atoms with Crippen LogP contribution in [0.2, 0.25) is 0 Å². The van der Waals surface area contributed by atoms with Crippen molar-refractivity contribution in [2.24, 2.45) is 0 Å². The van der Waals surface area contributed by atoms with Crippen LogP contribution in [-0.2, 0) is 14.3 Å². The third-order valence-corrected chi connectivity index (χ3v) is 5.50. The topological polar surface area (TPSA) is 120 Å². The number of carbonyl (C=O) groups excluding carboxylic acids is 3. The van der Waals surface area contributed by atoms with E-state index >= 15 is 0 Å². The van der Waals surface area contributed by atoms with E-state index in [1.165, 1.54) is 0 Å². The number of ether oxygens (including phenoxy) is 1. The zero-order valence-corrected chi connectivity index (χ0v) is 14.2. The van der Waals surface area contributed by atoms with Crippen LogP contribution in [0, 0.1) is 11.3 Å². The number of nitrogens with one attached hydrogen (secondary N) is 3. The average molecular weight is 354 g/mol. The van der Waals surface area contributed by atoms with Crippen LogP contribution in [-0.4, -0.2) is 54.1 Å². The van der Waals surface area contributed by atoms with Crippen molar-refractivity contribution in [3.05, 3.63) is 0 Å². The third-order valence-electron chi connectivity index (χ3n) is 3.99. The Morgan fingerprint density at radius 3 is 3.00 bits per heavy atom. The molecule has 2 aliphatic rings. The predicted octanol–water partition coefficient (Wildman–Crippen LogP) is 0.285. The highest BCUT2D eigenvalue weighted by Gasteiger charge is 2.42. The molecule has 0 bridgehead atoms. The first-order valence-electron chi connectivity index (χ1n) is 8.08. The van der Waals surface area contributed by atoms with Gasteiger partial charge in [0.05, 0.1) is 24.7 Å². The van der Waals surface area contributed by atoms with Gasteiger partial charge in [0, 0.05) is 17.4 Å². The molecule has 3 atom stereocenters. The Bertz CT molecular complexity index is 522. The predicted molar refractivity (Wildman–Crippen MR) is 88.2 cm³/mol. The van der Waals surface area contributed by atoms with E-state index in [-0.39, 0.29) is 43.6 Å². The first-order valence-corrected chi connectivity index (χ1v) is 9.13. The van der Waals surface area contributed by atoms with Gasteiger partial charge in [-0.1, -0.05) is 6.42 Å². The van der Waals surface area contributed by atoms with Gasteiger partial charge in [0.25, 0.3) is 0 Å². The number of esters is 1. The maximum absolute atomic E-state index is 11.7. The minimum atomic E-state index is -0.576. The molecule has 0 aromatic heterocycles. The molecule has 2 heterocycles. The maximum Gasteiger partial charge on any atom is 0.320 e. The van der Waals surface area contributed by atoms with E-state index in [1.54, 1.807) is 6.07 Å². The van der Waals surface area contributed by atoms with E-state index in [2.05, 4.69) is 16.0 Å². The van der Waals surface area contributed by atoms with E-state index in [9.17, 15) is 14.4 Å². The van der Waals surface area contributed by atoms with Crippen molar-refractivity contribution in [1.29, 1.82) is 5.26 Å². The molecule has 132 valence electrons. The Hall–Kier alpha value is -1.95. The van der Waals surface area contributed by atoms with Crippen molar-refractivity contribution >= 4 is 29.7 Å². The molecule has 0 aromatic carbocycles. The number of amides is 3. The van der Waals surface area contributed by atoms with Crippen molar-refractivity contribution in [3.63, 3.8) is 0 Å². The van der Waals surface area contributed by atoms with Crippen molar-refractivity contribution in [3.8, 4) is 6.07 Å². The Morgan fingerprint density at radius 2 is 2.21 bits per heavy atom. The summed E-state index contributed by atoms with van der Waals surface area (Å²) >= 11 is 1.87. The van der Waals surface area contributed by atoms with Crippen LogP contribution in [0.4, 0.5) is 4.79 Å². The summed E-state index contributed by atoms with van der Waals surface area (Å²) in [5.74, 6) is 0.297. The number of thioether (sulfide) groups is 1. The van der Waals surface area contributed by atoms with E-state index < -0.39 is 5.97 Å². The van der Waals surface area contributed by atoms with E-state index in [0.717, 1.165) is 25.0 Å². The summed E-state index contributed by atoms with van der Waals surface area (Å²) in [7, 11) is 0. The van der Waals surface area contributed by atoms with Crippen LogP contribution in [0.5, 0.6) is 0 Å². The van der Waals surface area contributed by atoms with Crippen molar-refractivity contribution in [2.45, 2.75) is 49.4 Å². The normalized spacial score (nSPS) is 24.5. The number of fused-ring (bicyclic) bond motifs is 1. The van der Waals surface area contributed by atoms with Crippen LogP contribution in [0.1, 0.15) is 32.1 Å². The molecule has 3 N–H and O–H groups in total. The van der Waals surface area contributed by atoms with Gasteiger partial charge in [0.2, 0.25) is 5.91 Å². The van der Waals surface area contributed by atoms with Crippen LogP contribution < -0.4 is 16.0 Å². The van der Waals surface area contributed by atoms with E-state index in [0.29, 0.717) is 11.7 Å². The summed E-state index contributed by atoms with van der Waals surface area (Å²) in [5.41, 5.74) is 0. The Balaban J connectivity index is 1.49. The monoisotopic (exact) mass is 354 g/mol. The fourth-order valence-electron chi connectivity index (χ4n) is 2.83. The second-order valence-electron chi connectivity index (χ2n) is 5.77. The van der Waals surface area contributed by atoms with Crippen LogP contribution >= 0.6 is 11.8 Å². The lowest BCUT2D eigenvalue weighted by Crippen LogP contribution is -2.36. The molecule has 0 radical (unpaired) electrons. The molecule has 2 saturated heterocycles. The number of carbonyl (C=O) groups is 3. The Kier molecular flexibility index (Phi) is 7.18. The molecule has 3 amide bonds. The summed E-state index contributed by atoms with van der Waals surface area (Å²) in [4.78, 5) is 33.9. The average Bonchev–Trinajstić information content (AvgIpc) is 3.08. The van der Waals surface area contributed by atoms with E-state index in [1.807, 2.05) is 11.8 Å². The van der Waals surface area contributed by atoms with Gasteiger partial charge in [-0.15, -0.1) is 0 Å². The van der Waals surface area contributed by atoms with E-state index in [4.69, 9.17) is 10.00 Å². The van der Waals surface area contributed by atoms with Crippen molar-refractivity contribution in [1.82, 2.24) is 16.0 Å². The summed E-state index contributed by atoms with van der Waals surface area (Å²) in [6.45, 7) is 0.344. The van der Waals surface area contributed by atoms with Gasteiger partial charge in [0.15, 0.2) is 0 Å². The summed E-state index contributed by atoms with van der Waals surface area (Å²) in [5, 5.41) is 17.3. The largest absolute Gasteiger partial charge is 0.463 e. The molecule has 0 unspecified atom stereocenters. The second-order valence-corrected chi connectivity index (χ2v) is 7.05. The lowest BCUT2D eigenvalue weighted by atomic mass is 10.0. The van der Waals surface area contributed by atoms with Crippen LogP contribution in [0.3, 0.4) is 0 Å². The van der Waals surface area contributed by atoms with Gasteiger partial charge in [0.1, 0.15) is 13.0 Å². The summed E-state index contributed by atoms with van der Waals surface area (Å²) < 4.78 is 4.76. The van der Waals surface area contributed by atoms with Gasteiger partial charge in [-0.2, -0.15) is 17.0 Å². The number of unbranched alkanes of at least 4 members (excludes halogenated alkanes) is 1. The number of hydrogen-bond donors (Lipinski definition) is 3. The standard InChI is InChI=1S/C15H22N4O4S/c16-6-5-13(21)23-8-7-17-12(20)4-2-1-3-11-14-10(9-24-11)18-15(22)19-14/h10-11,14H,1-5,7-9H2,(H,17,20)(H2,18,19,22)/t10-,11-,14-/m0/s1. The Morgan fingerprint density at radius 1 is 1.38 bits per heavy atom. The number of hydrogen-bond acceptors (Lipinski definition) is 6. The van der Waals surface area contributed by atoms with Crippen molar-refractivity contribution < 1.29 is 19.1 Å². The van der Waals surface area contributed by atoms with Crippen LogP contribution in [0.15, 0.2) is 0 Å². The lowest BCUT2D eigenvalue weighted by Gasteiger charge is -2.16. The molecule has 9 heteroatoms. The number of rotatable bonds is 9. The molecular formula is C15H22N4O4S. The molecule has 8 nitrogen and oxygen atoms in total. The first-order chi connectivity index (χ1) is 11.6. The molecule has 2 rings (SSSR count). The molecule has 0 saturated carbocycles. The third kappa shape index (κ3) is 5.60. The highest BCUT2D eigenvalue weighted by atomic mass is 32.2. The SMILES string of the molecule is N#CCC(=O)OCCNC(=O)CCCC[C@@H]1SC[C@@H]2NC(=O)N[C@@H]21. The maximum atomic E-state index is 11.7. The Labute approximate surface area is 145 Å². The summed E-state index contributed by atoms with van der Waals surface area (Å²) in [6, 6.07) is 2.07. The highest BCUT2D eigenvalue weighted by molar-refractivity contribution is 8.00. The van der Waals surface area contributed by atoms with Crippen LogP contribution in [0.25, 0.3) is 0 Å². The summed E-state index contributed by atoms with van der Waals surface area (Å²) in [6.07, 6.45) is 2.86. The number of nitrogens with zero attached hydrogens (tertiary/aromatic N) is 1. The minimum Gasteiger partial charge on any atom is -0.463 e. The fraction of sp³-hybridized carbons (Fsp3) is 0.733. The lowest BCUT2D eigenvalue weighted by molar-refractivity contribution is -0.142. The number of urea groups is 1.